The number of aliphatic hydroxyl groups is 1. The molecule has 106 valence electrons. The van der Waals surface area contributed by atoms with Crippen molar-refractivity contribution in [3.63, 3.8) is 0 Å². The largest absolute Gasteiger partial charge is 0.385 e. The summed E-state index contributed by atoms with van der Waals surface area (Å²) in [6.45, 7) is 1.84. The first kappa shape index (κ1) is 14.5. The van der Waals surface area contributed by atoms with Gasteiger partial charge in [-0.25, -0.2) is 0 Å². The van der Waals surface area contributed by atoms with Crippen LogP contribution in [0, 0.1) is 0 Å². The van der Waals surface area contributed by atoms with Crippen LogP contribution in [0.5, 0.6) is 0 Å². The first-order chi connectivity index (χ1) is 9.08. The highest BCUT2D eigenvalue weighted by Crippen LogP contribution is 2.41. The minimum absolute atomic E-state index is 0.385. The van der Waals surface area contributed by atoms with Crippen molar-refractivity contribution < 1.29 is 14.6 Å². The van der Waals surface area contributed by atoms with Crippen LogP contribution < -0.4 is 0 Å². The van der Waals surface area contributed by atoms with Crippen molar-refractivity contribution in [1.29, 1.82) is 0 Å². The van der Waals surface area contributed by atoms with E-state index in [0.29, 0.717) is 12.3 Å². The standard InChI is InChI=1S/C16H24O3/c1-16(17,11-15(18-2)19-3)14-10-5-4-9-13(14)12-7-6-8-12/h4-5,9-10,12,15,17H,6-8,11H2,1-3H3. The average Bonchev–Trinajstić information content (AvgIpc) is 2.34. The molecule has 0 saturated heterocycles. The second kappa shape index (κ2) is 6.04. The lowest BCUT2D eigenvalue weighted by atomic mass is 9.75. The molecule has 1 atom stereocenters. The Bertz CT molecular complexity index is 406. The van der Waals surface area contributed by atoms with Crippen LogP contribution in [0.15, 0.2) is 24.3 Å². The van der Waals surface area contributed by atoms with Gasteiger partial charge in [0, 0.05) is 20.6 Å². The molecule has 1 unspecified atom stereocenters. The fourth-order valence-corrected chi connectivity index (χ4v) is 2.76. The van der Waals surface area contributed by atoms with Crippen LogP contribution in [0.3, 0.4) is 0 Å². The second-order valence-electron chi connectivity index (χ2n) is 5.59. The van der Waals surface area contributed by atoms with Crippen molar-refractivity contribution >= 4 is 0 Å². The molecule has 3 nitrogen and oxygen atoms in total. The molecule has 1 N–H and O–H groups in total. The third-order valence-corrected chi connectivity index (χ3v) is 4.18. The van der Waals surface area contributed by atoms with Gasteiger partial charge in [-0.2, -0.15) is 0 Å². The molecule has 0 bridgehead atoms. The molecule has 0 amide bonds. The van der Waals surface area contributed by atoms with Crippen LogP contribution >= 0.6 is 0 Å². The molecule has 1 saturated carbocycles. The van der Waals surface area contributed by atoms with Crippen molar-refractivity contribution in [2.24, 2.45) is 0 Å². The fourth-order valence-electron chi connectivity index (χ4n) is 2.76. The van der Waals surface area contributed by atoms with Crippen molar-refractivity contribution in [3.8, 4) is 0 Å². The monoisotopic (exact) mass is 264 g/mol. The van der Waals surface area contributed by atoms with Gasteiger partial charge in [0.25, 0.3) is 0 Å². The zero-order chi connectivity index (χ0) is 13.9. The Labute approximate surface area is 115 Å². The average molecular weight is 264 g/mol. The van der Waals surface area contributed by atoms with Crippen LogP contribution in [0.4, 0.5) is 0 Å². The van der Waals surface area contributed by atoms with Gasteiger partial charge in [-0.3, -0.25) is 0 Å². The maximum atomic E-state index is 10.8. The lowest BCUT2D eigenvalue weighted by Crippen LogP contribution is -2.31. The van der Waals surface area contributed by atoms with E-state index in [1.54, 1.807) is 14.2 Å². The third-order valence-electron chi connectivity index (χ3n) is 4.18. The van der Waals surface area contributed by atoms with E-state index in [2.05, 4.69) is 12.1 Å². The molecule has 1 aliphatic carbocycles. The van der Waals surface area contributed by atoms with E-state index in [9.17, 15) is 5.11 Å². The highest BCUT2D eigenvalue weighted by molar-refractivity contribution is 5.35. The van der Waals surface area contributed by atoms with Crippen LogP contribution in [0.2, 0.25) is 0 Å². The Morgan fingerprint density at radius 3 is 2.42 bits per heavy atom. The van der Waals surface area contributed by atoms with Gasteiger partial charge in [0.1, 0.15) is 0 Å². The molecule has 1 fully saturated rings. The van der Waals surface area contributed by atoms with Gasteiger partial charge in [-0.15, -0.1) is 0 Å². The molecule has 0 radical (unpaired) electrons. The van der Waals surface area contributed by atoms with Crippen LogP contribution in [0.25, 0.3) is 0 Å². The molecule has 0 heterocycles. The summed E-state index contributed by atoms with van der Waals surface area (Å²) >= 11 is 0. The minimum Gasteiger partial charge on any atom is -0.385 e. The number of rotatable bonds is 6. The molecule has 1 aromatic carbocycles. The Morgan fingerprint density at radius 2 is 1.89 bits per heavy atom. The second-order valence-corrected chi connectivity index (χ2v) is 5.59. The maximum absolute atomic E-state index is 10.8. The van der Waals surface area contributed by atoms with Gasteiger partial charge in [0.05, 0.1) is 5.60 Å². The molecule has 0 aromatic heterocycles. The Kier molecular flexibility index (Phi) is 4.61. The van der Waals surface area contributed by atoms with Crippen molar-refractivity contribution in [2.45, 2.75) is 50.4 Å². The third kappa shape index (κ3) is 3.16. The maximum Gasteiger partial charge on any atom is 0.159 e. The Morgan fingerprint density at radius 1 is 1.26 bits per heavy atom. The zero-order valence-electron chi connectivity index (χ0n) is 12.1. The first-order valence-electron chi connectivity index (χ1n) is 6.96. The molecule has 1 aromatic rings. The van der Waals surface area contributed by atoms with Gasteiger partial charge < -0.3 is 14.6 Å². The number of hydrogen-bond acceptors (Lipinski definition) is 3. The van der Waals surface area contributed by atoms with Crippen LogP contribution in [-0.4, -0.2) is 25.6 Å². The van der Waals surface area contributed by atoms with Crippen LogP contribution in [-0.2, 0) is 15.1 Å². The van der Waals surface area contributed by atoms with E-state index in [1.807, 2.05) is 19.1 Å². The first-order valence-corrected chi connectivity index (χ1v) is 6.96. The number of benzene rings is 1. The lowest BCUT2D eigenvalue weighted by molar-refractivity contribution is -0.142. The summed E-state index contributed by atoms with van der Waals surface area (Å²) in [4.78, 5) is 0. The summed E-state index contributed by atoms with van der Waals surface area (Å²) in [5.41, 5.74) is 1.37. The number of ether oxygens (including phenoxy) is 2. The fraction of sp³-hybridized carbons (Fsp3) is 0.625. The molecular weight excluding hydrogens is 240 g/mol. The van der Waals surface area contributed by atoms with Crippen LogP contribution in [0.1, 0.15) is 49.7 Å². The van der Waals surface area contributed by atoms with Gasteiger partial charge >= 0.3 is 0 Å². The van der Waals surface area contributed by atoms with E-state index < -0.39 is 5.60 Å². The van der Waals surface area contributed by atoms with Crippen molar-refractivity contribution in [3.05, 3.63) is 35.4 Å². The summed E-state index contributed by atoms with van der Waals surface area (Å²) in [7, 11) is 3.20. The normalized spacial score (nSPS) is 19.2. The molecule has 2 rings (SSSR count). The molecule has 19 heavy (non-hydrogen) atoms. The minimum atomic E-state index is -0.928. The Balaban J connectivity index is 2.23. The van der Waals surface area contributed by atoms with Gasteiger partial charge in [-0.1, -0.05) is 30.7 Å². The molecule has 3 heteroatoms. The van der Waals surface area contributed by atoms with Crippen molar-refractivity contribution in [2.75, 3.05) is 14.2 Å². The highest BCUT2D eigenvalue weighted by Gasteiger charge is 2.32. The predicted octanol–water partition coefficient (Wildman–Crippen LogP) is 3.17. The molecular formula is C16H24O3. The summed E-state index contributed by atoms with van der Waals surface area (Å²) in [5.74, 6) is 0.603. The SMILES string of the molecule is COC(CC(C)(O)c1ccccc1C1CCC1)OC. The van der Waals surface area contributed by atoms with Gasteiger partial charge in [-0.05, 0) is 36.8 Å². The predicted molar refractivity (Wildman–Crippen MR) is 75.0 cm³/mol. The van der Waals surface area contributed by atoms with E-state index >= 15 is 0 Å². The molecule has 1 aliphatic rings. The van der Waals surface area contributed by atoms with E-state index in [1.165, 1.54) is 24.8 Å². The smallest absolute Gasteiger partial charge is 0.159 e. The van der Waals surface area contributed by atoms with E-state index in [0.717, 1.165) is 5.56 Å². The summed E-state index contributed by atoms with van der Waals surface area (Å²) in [5, 5.41) is 10.8. The highest BCUT2D eigenvalue weighted by atomic mass is 16.7. The lowest BCUT2D eigenvalue weighted by Gasteiger charge is -2.34. The van der Waals surface area contributed by atoms with Gasteiger partial charge in [0.2, 0.25) is 0 Å². The van der Waals surface area contributed by atoms with Gasteiger partial charge in [0.15, 0.2) is 6.29 Å². The summed E-state index contributed by atoms with van der Waals surface area (Å²) in [6, 6.07) is 8.20. The number of methoxy groups -OCH3 is 2. The van der Waals surface area contributed by atoms with E-state index in [-0.39, 0.29) is 6.29 Å². The van der Waals surface area contributed by atoms with Crippen molar-refractivity contribution in [1.82, 2.24) is 0 Å². The number of hydrogen-bond donors (Lipinski definition) is 1. The molecule has 0 aliphatic heterocycles. The van der Waals surface area contributed by atoms with E-state index in [4.69, 9.17) is 9.47 Å². The molecule has 0 spiro atoms. The summed E-state index contributed by atoms with van der Waals surface area (Å²) < 4.78 is 10.4. The Hall–Kier alpha value is -0.900. The topological polar surface area (TPSA) is 38.7 Å². The zero-order valence-corrected chi connectivity index (χ0v) is 12.1. The quantitative estimate of drug-likeness (QED) is 0.802. The summed E-state index contributed by atoms with van der Waals surface area (Å²) in [6.07, 6.45) is 3.80.